The number of nitrogens with one attached hydrogen (secondary N) is 1. The van der Waals surface area contributed by atoms with Gasteiger partial charge in [-0.3, -0.25) is 9.59 Å². The highest BCUT2D eigenvalue weighted by Crippen LogP contribution is 2.42. The molecule has 0 aromatic heterocycles. The molecule has 4 nitrogen and oxygen atoms in total. The van der Waals surface area contributed by atoms with Gasteiger partial charge >= 0.3 is 0 Å². The van der Waals surface area contributed by atoms with Crippen LogP contribution in [-0.4, -0.2) is 6.61 Å². The molecule has 2 aromatic rings. The first-order valence-electron chi connectivity index (χ1n) is 15.2. The number of fused-ring (bicyclic) bond motifs is 1. The quantitative estimate of drug-likeness (QED) is 0.216. The first-order valence-corrected chi connectivity index (χ1v) is 16.9. The minimum atomic E-state index is -0.167. The average molecular weight is 580 g/mol. The normalized spacial score (nSPS) is 15.6. The first-order chi connectivity index (χ1) is 19.4. The maximum atomic E-state index is 13.1. The van der Waals surface area contributed by atoms with Crippen LogP contribution < -0.4 is 31.3 Å². The van der Waals surface area contributed by atoms with Crippen molar-refractivity contribution < 1.29 is 4.74 Å². The molecule has 0 bridgehead atoms. The van der Waals surface area contributed by atoms with E-state index in [-0.39, 0.29) is 16.1 Å². The van der Waals surface area contributed by atoms with Gasteiger partial charge in [-0.2, -0.15) is 0 Å². The van der Waals surface area contributed by atoms with Crippen LogP contribution in [-0.2, 0) is 0 Å². The van der Waals surface area contributed by atoms with Gasteiger partial charge in [0.1, 0.15) is 11.0 Å². The van der Waals surface area contributed by atoms with E-state index in [0.717, 1.165) is 38.3 Å². The smallest absolute Gasteiger partial charge is 0.204 e. The summed E-state index contributed by atoms with van der Waals surface area (Å²) in [5.41, 5.74) is 1.32. The molecule has 2 aliphatic heterocycles. The van der Waals surface area contributed by atoms with Crippen LogP contribution in [0.25, 0.3) is 10.6 Å². The van der Waals surface area contributed by atoms with Gasteiger partial charge in [0.25, 0.3) is 0 Å². The molecule has 40 heavy (non-hydrogen) atoms. The molecular weight excluding hydrogens is 535 g/mol. The zero-order valence-corrected chi connectivity index (χ0v) is 26.3. The van der Waals surface area contributed by atoms with Gasteiger partial charge in [0, 0.05) is 4.90 Å². The summed E-state index contributed by atoms with van der Waals surface area (Å²) >= 11 is 3.12. The van der Waals surface area contributed by atoms with E-state index in [1.54, 1.807) is 11.8 Å². The van der Waals surface area contributed by atoms with Gasteiger partial charge in [0.2, 0.25) is 10.9 Å². The van der Waals surface area contributed by atoms with Gasteiger partial charge in [0.15, 0.2) is 0 Å². The number of allylic oxidation sites excluding steroid dienone is 4. The van der Waals surface area contributed by atoms with Gasteiger partial charge in [-0.1, -0.05) is 102 Å². The van der Waals surface area contributed by atoms with Gasteiger partial charge < -0.3 is 10.1 Å². The van der Waals surface area contributed by atoms with Crippen LogP contribution in [0, 0.1) is 5.92 Å². The molecule has 2 aromatic carbocycles. The number of hydrogen-bond donors (Lipinski definition) is 1. The number of ether oxygens (including phenoxy) is 1. The molecule has 0 spiro atoms. The summed E-state index contributed by atoms with van der Waals surface area (Å²) in [5, 5.41) is 4.52. The summed E-state index contributed by atoms with van der Waals surface area (Å²) in [5.74, 6) is 1.45. The Morgan fingerprint density at radius 3 is 2.02 bits per heavy atom. The molecular formula is C34H45NO3S2. The van der Waals surface area contributed by atoms with Gasteiger partial charge in [-0.25, -0.2) is 0 Å². The molecule has 4 rings (SSSR count). The minimum Gasteiger partial charge on any atom is -0.493 e. The summed E-state index contributed by atoms with van der Waals surface area (Å²) < 4.78 is 6.33. The van der Waals surface area contributed by atoms with Crippen molar-refractivity contribution in [1.82, 2.24) is 0 Å². The predicted octanol–water partition coefficient (Wildman–Crippen LogP) is 7.99. The number of thioether (sulfide) groups is 2. The molecule has 1 atom stereocenters. The van der Waals surface area contributed by atoms with E-state index < -0.39 is 0 Å². The summed E-state index contributed by atoms with van der Waals surface area (Å²) in [6, 6.07) is 6.04. The summed E-state index contributed by atoms with van der Waals surface area (Å²) in [7, 11) is 0. The Morgan fingerprint density at radius 2 is 1.38 bits per heavy atom. The molecule has 2 aliphatic rings. The molecule has 0 saturated heterocycles. The van der Waals surface area contributed by atoms with Crippen LogP contribution in [0.1, 0.15) is 105 Å². The zero-order valence-electron chi connectivity index (χ0n) is 24.7. The molecule has 6 heteroatoms. The molecule has 0 fully saturated rings. The Kier molecular flexibility index (Phi) is 11.7. The number of hydrogen-bond acceptors (Lipinski definition) is 6. The number of anilines is 1. The molecule has 2 heterocycles. The summed E-state index contributed by atoms with van der Waals surface area (Å²) in [6.45, 7) is 9.28. The van der Waals surface area contributed by atoms with Crippen molar-refractivity contribution in [2.24, 2.45) is 5.92 Å². The van der Waals surface area contributed by atoms with Crippen LogP contribution in [0.5, 0.6) is 5.75 Å². The lowest BCUT2D eigenvalue weighted by Gasteiger charge is -2.18. The highest BCUT2D eigenvalue weighted by Gasteiger charge is 2.23. The fourth-order valence-electron chi connectivity index (χ4n) is 5.55. The predicted molar refractivity (Wildman–Crippen MR) is 174 cm³/mol. The molecule has 0 saturated carbocycles. The third-order valence-electron chi connectivity index (χ3n) is 7.79. The lowest BCUT2D eigenvalue weighted by Crippen LogP contribution is -2.66. The van der Waals surface area contributed by atoms with Crippen molar-refractivity contribution >= 4 is 39.8 Å². The highest BCUT2D eigenvalue weighted by atomic mass is 32.2. The van der Waals surface area contributed by atoms with E-state index >= 15 is 0 Å². The Bertz CT molecular complexity index is 1380. The summed E-state index contributed by atoms with van der Waals surface area (Å²) in [4.78, 5) is 29.3. The summed E-state index contributed by atoms with van der Waals surface area (Å²) in [6.07, 6.45) is 19.5. The maximum Gasteiger partial charge on any atom is 0.204 e. The van der Waals surface area contributed by atoms with Crippen LogP contribution in [0.4, 0.5) is 5.69 Å². The maximum absolute atomic E-state index is 13.1. The third-order valence-corrected chi connectivity index (χ3v) is 9.74. The Balaban J connectivity index is 1.41. The van der Waals surface area contributed by atoms with E-state index in [1.165, 1.54) is 88.8 Å². The van der Waals surface area contributed by atoms with E-state index in [0.29, 0.717) is 16.2 Å². The van der Waals surface area contributed by atoms with Crippen LogP contribution in [0.2, 0.25) is 0 Å². The Hall–Kier alpha value is -2.18. The zero-order chi connectivity index (χ0) is 28.5. The second-order valence-electron chi connectivity index (χ2n) is 11.3. The van der Waals surface area contributed by atoms with Crippen molar-refractivity contribution in [1.29, 1.82) is 0 Å². The van der Waals surface area contributed by atoms with E-state index in [9.17, 15) is 9.59 Å². The average Bonchev–Trinajstić information content (AvgIpc) is 3.32. The molecule has 0 amide bonds. The van der Waals surface area contributed by atoms with Crippen LogP contribution >= 0.6 is 23.5 Å². The van der Waals surface area contributed by atoms with Gasteiger partial charge in [-0.15, -0.1) is 0 Å². The first kappa shape index (κ1) is 30.8. The van der Waals surface area contributed by atoms with Crippen molar-refractivity contribution in [3.05, 3.63) is 71.0 Å². The molecule has 0 radical (unpaired) electrons. The highest BCUT2D eigenvalue weighted by molar-refractivity contribution is 8.08. The van der Waals surface area contributed by atoms with Crippen molar-refractivity contribution in [3.63, 3.8) is 0 Å². The largest absolute Gasteiger partial charge is 0.493 e. The minimum absolute atomic E-state index is 0.167. The monoisotopic (exact) mass is 579 g/mol. The fourth-order valence-corrected chi connectivity index (χ4v) is 7.50. The van der Waals surface area contributed by atoms with Crippen LogP contribution in [0.15, 0.2) is 54.6 Å². The van der Waals surface area contributed by atoms with Crippen molar-refractivity contribution in [2.45, 2.75) is 110 Å². The topological polar surface area (TPSA) is 55.4 Å². The van der Waals surface area contributed by atoms with Crippen molar-refractivity contribution in [3.8, 4) is 5.75 Å². The fraction of sp³-hybridized carbons (Fsp3) is 0.529. The second kappa shape index (κ2) is 15.2. The standard InChI is InChI=1S/C34H45NO3S2/c1-5-7-9-11-12-14-16-25(15-13-10-8-6-2)22-38-27-17-18-28-29(21-27)40-34(35-28)31-32(36)30(33(31)37)26-19-23(3)39-24(4)20-26/h17-21,25,35H,5-16,22H2,1-4H3. The Labute approximate surface area is 248 Å². The number of benzene rings is 1. The van der Waals surface area contributed by atoms with Crippen molar-refractivity contribution in [2.75, 3.05) is 11.9 Å². The van der Waals surface area contributed by atoms with Crippen LogP contribution in [0.3, 0.4) is 0 Å². The second-order valence-corrected chi connectivity index (χ2v) is 13.8. The van der Waals surface area contributed by atoms with E-state index in [1.807, 2.05) is 44.2 Å². The van der Waals surface area contributed by atoms with Gasteiger partial charge in [-0.05, 0) is 78.3 Å². The third kappa shape index (κ3) is 7.97. The number of rotatable bonds is 15. The Morgan fingerprint density at radius 1 is 0.775 bits per heavy atom. The molecule has 1 unspecified atom stereocenters. The molecule has 1 N–H and O–H groups in total. The number of unbranched alkanes of at least 4 members (excludes halogenated alkanes) is 8. The molecule has 0 aliphatic carbocycles. The van der Waals surface area contributed by atoms with E-state index in [2.05, 4.69) is 19.2 Å². The van der Waals surface area contributed by atoms with Gasteiger partial charge in [0.05, 0.1) is 22.5 Å². The SMILES string of the molecule is CCCCCCCCC(CCCCCC)COc1ccc2c(c1)SC(=c1c(=O)c(=C3C=C(C)SC(C)=C3)c1=O)N2. The lowest BCUT2D eigenvalue weighted by atomic mass is 9.95. The van der Waals surface area contributed by atoms with E-state index in [4.69, 9.17) is 4.74 Å². The molecule has 216 valence electrons. The lowest BCUT2D eigenvalue weighted by molar-refractivity contribution is 0.224.